The predicted octanol–water partition coefficient (Wildman–Crippen LogP) is 2.34. The molecule has 0 aromatic carbocycles. The van der Waals surface area contributed by atoms with Gasteiger partial charge < -0.3 is 10.1 Å². The topological polar surface area (TPSA) is 21.3 Å². The highest BCUT2D eigenvalue weighted by Crippen LogP contribution is 2.38. The molecule has 2 nitrogen and oxygen atoms in total. The lowest BCUT2D eigenvalue weighted by Crippen LogP contribution is -2.42. The maximum atomic E-state index is 5.92. The molecule has 0 aromatic heterocycles. The molecule has 13 heavy (non-hydrogen) atoms. The summed E-state index contributed by atoms with van der Waals surface area (Å²) in [5.74, 6) is 0. The molecule has 0 radical (unpaired) electrons. The van der Waals surface area contributed by atoms with Crippen molar-refractivity contribution in [1.29, 1.82) is 0 Å². The Hall–Kier alpha value is -0.0800. The van der Waals surface area contributed by atoms with Crippen LogP contribution in [0.15, 0.2) is 0 Å². The first-order valence-corrected chi connectivity index (χ1v) is 5.67. The molecule has 1 fully saturated rings. The van der Waals surface area contributed by atoms with Crippen LogP contribution in [0.2, 0.25) is 0 Å². The summed E-state index contributed by atoms with van der Waals surface area (Å²) in [5.41, 5.74) is 0.262. The van der Waals surface area contributed by atoms with Gasteiger partial charge in [0.1, 0.15) is 0 Å². The number of hydrogen-bond donors (Lipinski definition) is 1. The maximum Gasteiger partial charge on any atom is 0.0694 e. The Bertz CT molecular complexity index is 132. The van der Waals surface area contributed by atoms with Crippen molar-refractivity contribution in [3.8, 4) is 0 Å². The monoisotopic (exact) mass is 185 g/mol. The summed E-state index contributed by atoms with van der Waals surface area (Å²) in [6.45, 7) is 7.45. The molecule has 0 aliphatic heterocycles. The molecule has 1 aliphatic rings. The van der Waals surface area contributed by atoms with Gasteiger partial charge in [0.25, 0.3) is 0 Å². The summed E-state index contributed by atoms with van der Waals surface area (Å²) in [5, 5.41) is 3.37. The second-order valence-electron chi connectivity index (χ2n) is 3.99. The van der Waals surface area contributed by atoms with Crippen LogP contribution in [0.1, 0.15) is 46.0 Å². The highest BCUT2D eigenvalue weighted by molar-refractivity contribution is 4.90. The van der Waals surface area contributed by atoms with E-state index in [4.69, 9.17) is 4.74 Å². The van der Waals surface area contributed by atoms with Crippen molar-refractivity contribution in [2.24, 2.45) is 0 Å². The second-order valence-corrected chi connectivity index (χ2v) is 3.99. The molecule has 0 saturated heterocycles. The Kier molecular flexibility index (Phi) is 4.74. The van der Waals surface area contributed by atoms with E-state index in [1.54, 1.807) is 0 Å². The van der Waals surface area contributed by atoms with Gasteiger partial charge in [-0.15, -0.1) is 0 Å². The summed E-state index contributed by atoms with van der Waals surface area (Å²) >= 11 is 0. The van der Waals surface area contributed by atoms with Gasteiger partial charge >= 0.3 is 0 Å². The smallest absolute Gasteiger partial charge is 0.0694 e. The van der Waals surface area contributed by atoms with Gasteiger partial charge in [0.15, 0.2) is 0 Å². The van der Waals surface area contributed by atoms with Gasteiger partial charge in [0.05, 0.1) is 5.60 Å². The Morgan fingerprint density at radius 3 is 2.54 bits per heavy atom. The fourth-order valence-electron chi connectivity index (χ4n) is 1.85. The SMILES string of the molecule is CCCOC1(CCNCC)CCC1. The van der Waals surface area contributed by atoms with Gasteiger partial charge in [-0.25, -0.2) is 0 Å². The third kappa shape index (κ3) is 3.28. The summed E-state index contributed by atoms with van der Waals surface area (Å²) < 4.78 is 5.92. The van der Waals surface area contributed by atoms with E-state index in [1.807, 2.05) is 0 Å². The molecule has 1 N–H and O–H groups in total. The van der Waals surface area contributed by atoms with Crippen molar-refractivity contribution in [2.75, 3.05) is 19.7 Å². The van der Waals surface area contributed by atoms with Crippen molar-refractivity contribution in [1.82, 2.24) is 5.32 Å². The fraction of sp³-hybridized carbons (Fsp3) is 1.00. The van der Waals surface area contributed by atoms with Crippen molar-refractivity contribution >= 4 is 0 Å². The van der Waals surface area contributed by atoms with Crippen LogP contribution in [0.3, 0.4) is 0 Å². The molecule has 2 heteroatoms. The highest BCUT2D eigenvalue weighted by atomic mass is 16.5. The zero-order valence-electron chi connectivity index (χ0n) is 9.07. The number of hydrogen-bond acceptors (Lipinski definition) is 2. The van der Waals surface area contributed by atoms with Gasteiger partial charge in [0, 0.05) is 6.61 Å². The van der Waals surface area contributed by atoms with Gasteiger partial charge in [0.2, 0.25) is 0 Å². The molecule has 0 spiro atoms. The first kappa shape index (κ1) is 11.0. The van der Waals surface area contributed by atoms with Gasteiger partial charge in [-0.3, -0.25) is 0 Å². The Labute approximate surface area is 82.0 Å². The second kappa shape index (κ2) is 5.61. The van der Waals surface area contributed by atoms with E-state index >= 15 is 0 Å². The van der Waals surface area contributed by atoms with E-state index in [1.165, 1.54) is 25.7 Å². The lowest BCUT2D eigenvalue weighted by molar-refractivity contribution is -0.104. The lowest BCUT2D eigenvalue weighted by Gasteiger charge is -2.42. The summed E-state index contributed by atoms with van der Waals surface area (Å²) in [6, 6.07) is 0. The van der Waals surface area contributed by atoms with E-state index in [-0.39, 0.29) is 5.60 Å². The highest BCUT2D eigenvalue weighted by Gasteiger charge is 2.36. The van der Waals surface area contributed by atoms with Crippen molar-refractivity contribution in [3.05, 3.63) is 0 Å². The molecule has 1 rings (SSSR count). The molecule has 0 amide bonds. The zero-order valence-corrected chi connectivity index (χ0v) is 9.07. The van der Waals surface area contributed by atoms with Crippen LogP contribution in [0, 0.1) is 0 Å². The molecular weight excluding hydrogens is 162 g/mol. The van der Waals surface area contributed by atoms with E-state index in [0.717, 1.165) is 26.1 Å². The van der Waals surface area contributed by atoms with Crippen molar-refractivity contribution in [2.45, 2.75) is 51.6 Å². The number of rotatable bonds is 7. The van der Waals surface area contributed by atoms with Crippen LogP contribution in [0.4, 0.5) is 0 Å². The largest absolute Gasteiger partial charge is 0.375 e. The van der Waals surface area contributed by atoms with Crippen molar-refractivity contribution in [3.63, 3.8) is 0 Å². The van der Waals surface area contributed by atoms with Gasteiger partial charge in [-0.05, 0) is 45.2 Å². The first-order valence-electron chi connectivity index (χ1n) is 5.67. The first-order chi connectivity index (χ1) is 6.33. The summed E-state index contributed by atoms with van der Waals surface area (Å²) in [7, 11) is 0. The van der Waals surface area contributed by atoms with Crippen LogP contribution >= 0.6 is 0 Å². The van der Waals surface area contributed by atoms with E-state index < -0.39 is 0 Å². The number of ether oxygens (including phenoxy) is 1. The fourth-order valence-corrected chi connectivity index (χ4v) is 1.85. The Morgan fingerprint density at radius 2 is 2.08 bits per heavy atom. The van der Waals surface area contributed by atoms with Crippen LogP contribution in [-0.4, -0.2) is 25.3 Å². The quantitative estimate of drug-likeness (QED) is 0.615. The third-order valence-electron chi connectivity index (χ3n) is 2.88. The lowest BCUT2D eigenvalue weighted by atomic mass is 9.77. The number of nitrogens with one attached hydrogen (secondary N) is 1. The molecule has 0 bridgehead atoms. The van der Waals surface area contributed by atoms with Gasteiger partial charge in [-0.2, -0.15) is 0 Å². The Morgan fingerprint density at radius 1 is 1.31 bits per heavy atom. The van der Waals surface area contributed by atoms with Crippen LogP contribution in [0.25, 0.3) is 0 Å². The molecule has 0 heterocycles. The summed E-state index contributed by atoms with van der Waals surface area (Å²) in [6.07, 6.45) is 6.25. The maximum absolute atomic E-state index is 5.92. The molecule has 0 atom stereocenters. The standard InChI is InChI=1S/C11H23NO/c1-3-10-13-11(6-5-7-11)8-9-12-4-2/h12H,3-10H2,1-2H3. The molecule has 78 valence electrons. The molecule has 0 aromatic rings. The minimum Gasteiger partial charge on any atom is -0.375 e. The van der Waals surface area contributed by atoms with Crippen LogP contribution < -0.4 is 5.32 Å². The third-order valence-corrected chi connectivity index (χ3v) is 2.88. The van der Waals surface area contributed by atoms with E-state index in [9.17, 15) is 0 Å². The molecule has 1 saturated carbocycles. The average Bonchev–Trinajstić information content (AvgIpc) is 2.08. The minimum absolute atomic E-state index is 0.262. The molecule has 0 unspecified atom stereocenters. The van der Waals surface area contributed by atoms with Crippen LogP contribution in [-0.2, 0) is 4.74 Å². The average molecular weight is 185 g/mol. The van der Waals surface area contributed by atoms with Crippen molar-refractivity contribution < 1.29 is 4.74 Å². The summed E-state index contributed by atoms with van der Waals surface area (Å²) in [4.78, 5) is 0. The van der Waals surface area contributed by atoms with E-state index in [0.29, 0.717) is 0 Å². The molecular formula is C11H23NO. The zero-order chi connectivity index (χ0) is 9.57. The predicted molar refractivity (Wildman–Crippen MR) is 56.0 cm³/mol. The Balaban J connectivity index is 2.15. The molecule has 1 aliphatic carbocycles. The minimum atomic E-state index is 0.262. The normalized spacial score (nSPS) is 19.8. The van der Waals surface area contributed by atoms with Crippen LogP contribution in [0.5, 0.6) is 0 Å². The van der Waals surface area contributed by atoms with Gasteiger partial charge in [-0.1, -0.05) is 13.8 Å². The van der Waals surface area contributed by atoms with E-state index in [2.05, 4.69) is 19.2 Å².